The smallest absolute Gasteiger partial charge is 0.255 e. The van der Waals surface area contributed by atoms with Crippen LogP contribution in [0.5, 0.6) is 5.75 Å². The number of phenols is 1. The molecular formula is C24H30N2O3. The van der Waals surface area contributed by atoms with Gasteiger partial charge in [0.2, 0.25) is 5.91 Å². The molecule has 0 aromatic heterocycles. The van der Waals surface area contributed by atoms with Gasteiger partial charge >= 0.3 is 0 Å². The van der Waals surface area contributed by atoms with Crippen LogP contribution in [-0.2, 0) is 10.2 Å². The number of aromatic hydroxyl groups is 1. The predicted octanol–water partition coefficient (Wildman–Crippen LogP) is 5.46. The van der Waals surface area contributed by atoms with Crippen molar-refractivity contribution in [3.05, 3.63) is 53.6 Å². The molecule has 0 atom stereocenters. The molecule has 0 radical (unpaired) electrons. The molecule has 1 saturated carbocycles. The highest BCUT2D eigenvalue weighted by Gasteiger charge is 2.21. The van der Waals surface area contributed by atoms with Crippen LogP contribution in [-0.4, -0.2) is 16.9 Å². The molecular weight excluding hydrogens is 364 g/mol. The van der Waals surface area contributed by atoms with E-state index in [1.807, 2.05) is 12.1 Å². The summed E-state index contributed by atoms with van der Waals surface area (Å²) in [7, 11) is 0. The van der Waals surface area contributed by atoms with Gasteiger partial charge in [-0.05, 0) is 48.1 Å². The summed E-state index contributed by atoms with van der Waals surface area (Å²) in [5.74, 6) is -0.327. The third kappa shape index (κ3) is 5.37. The van der Waals surface area contributed by atoms with Crippen LogP contribution >= 0.6 is 0 Å². The first-order valence-corrected chi connectivity index (χ1v) is 10.3. The van der Waals surface area contributed by atoms with E-state index in [1.165, 1.54) is 12.5 Å². The lowest BCUT2D eigenvalue weighted by Gasteiger charge is -2.21. The fourth-order valence-corrected chi connectivity index (χ4v) is 3.64. The summed E-state index contributed by atoms with van der Waals surface area (Å²) in [6, 6.07) is 12.2. The number of hydrogen-bond donors (Lipinski definition) is 3. The molecule has 0 bridgehead atoms. The Bertz CT molecular complexity index is 876. The fraction of sp³-hybridized carbons (Fsp3) is 0.417. The second kappa shape index (κ2) is 8.68. The molecule has 2 aromatic rings. The maximum Gasteiger partial charge on any atom is 0.255 e. The normalized spacial score (nSPS) is 15.0. The van der Waals surface area contributed by atoms with Crippen molar-refractivity contribution in [2.45, 2.75) is 58.3 Å². The molecule has 2 amide bonds. The summed E-state index contributed by atoms with van der Waals surface area (Å²) in [4.78, 5) is 24.9. The Balaban J connectivity index is 1.64. The molecule has 29 heavy (non-hydrogen) atoms. The number of hydrogen-bond acceptors (Lipinski definition) is 3. The summed E-state index contributed by atoms with van der Waals surface area (Å²) in [6.07, 6.45) is 5.20. The van der Waals surface area contributed by atoms with Gasteiger partial charge in [0.15, 0.2) is 0 Å². The van der Waals surface area contributed by atoms with E-state index in [9.17, 15) is 14.7 Å². The van der Waals surface area contributed by atoms with Crippen molar-refractivity contribution >= 4 is 23.2 Å². The lowest BCUT2D eigenvalue weighted by Crippen LogP contribution is -2.24. The van der Waals surface area contributed by atoms with Crippen LogP contribution in [0.2, 0.25) is 0 Å². The highest BCUT2D eigenvalue weighted by atomic mass is 16.3. The maximum absolute atomic E-state index is 12.5. The van der Waals surface area contributed by atoms with Crippen LogP contribution in [0.25, 0.3) is 0 Å². The molecule has 0 unspecified atom stereocenters. The number of amides is 2. The summed E-state index contributed by atoms with van der Waals surface area (Å²) >= 11 is 0. The number of anilines is 2. The lowest BCUT2D eigenvalue weighted by atomic mass is 9.87. The number of nitrogens with one attached hydrogen (secondary N) is 2. The van der Waals surface area contributed by atoms with Gasteiger partial charge in [-0.1, -0.05) is 52.2 Å². The molecule has 1 aliphatic carbocycles. The minimum Gasteiger partial charge on any atom is -0.506 e. The Morgan fingerprint density at radius 3 is 2.17 bits per heavy atom. The average Bonchev–Trinajstić information content (AvgIpc) is 2.70. The zero-order valence-electron chi connectivity index (χ0n) is 17.4. The molecule has 1 aliphatic rings. The quantitative estimate of drug-likeness (QED) is 0.603. The van der Waals surface area contributed by atoms with Crippen LogP contribution in [0.1, 0.15) is 68.8 Å². The SMILES string of the molecule is CC(C)(C)c1ccc(C(=O)Nc2ccc(NC(=O)C3CCCCC3)cc2O)cc1. The van der Waals surface area contributed by atoms with Crippen molar-refractivity contribution in [2.75, 3.05) is 10.6 Å². The Morgan fingerprint density at radius 1 is 0.931 bits per heavy atom. The van der Waals surface area contributed by atoms with Gasteiger partial charge in [-0.25, -0.2) is 0 Å². The van der Waals surface area contributed by atoms with Crippen LogP contribution in [0, 0.1) is 5.92 Å². The van der Waals surface area contributed by atoms with Crippen molar-refractivity contribution in [1.82, 2.24) is 0 Å². The maximum atomic E-state index is 12.5. The van der Waals surface area contributed by atoms with Gasteiger partial charge < -0.3 is 15.7 Å². The van der Waals surface area contributed by atoms with Crippen molar-refractivity contribution in [3.63, 3.8) is 0 Å². The second-order valence-electron chi connectivity index (χ2n) is 8.84. The second-order valence-corrected chi connectivity index (χ2v) is 8.84. The zero-order valence-corrected chi connectivity index (χ0v) is 17.4. The number of carbonyl (C=O) groups excluding carboxylic acids is 2. The number of carbonyl (C=O) groups is 2. The monoisotopic (exact) mass is 394 g/mol. The molecule has 0 aliphatic heterocycles. The number of benzene rings is 2. The Hall–Kier alpha value is -2.82. The van der Waals surface area contributed by atoms with Crippen molar-refractivity contribution in [3.8, 4) is 5.75 Å². The third-order valence-electron chi connectivity index (χ3n) is 5.50. The summed E-state index contributed by atoms with van der Waals surface area (Å²) in [5, 5.41) is 15.9. The van der Waals surface area contributed by atoms with Crippen LogP contribution in [0.4, 0.5) is 11.4 Å². The molecule has 1 fully saturated rings. The van der Waals surface area contributed by atoms with E-state index < -0.39 is 0 Å². The molecule has 3 N–H and O–H groups in total. The molecule has 0 saturated heterocycles. The van der Waals surface area contributed by atoms with Crippen molar-refractivity contribution < 1.29 is 14.7 Å². The summed E-state index contributed by atoms with van der Waals surface area (Å²) in [6.45, 7) is 6.36. The van der Waals surface area contributed by atoms with E-state index in [2.05, 4.69) is 31.4 Å². The Labute approximate surface area is 172 Å². The van der Waals surface area contributed by atoms with Gasteiger partial charge in [-0.3, -0.25) is 9.59 Å². The minimum absolute atomic E-state index is 0.000163. The standard InChI is InChI=1S/C24H30N2O3/c1-24(2,3)18-11-9-17(10-12-18)23(29)26-20-14-13-19(15-21(20)27)25-22(28)16-7-5-4-6-8-16/h9-16,27H,4-8H2,1-3H3,(H,25,28)(H,26,29). The van der Waals surface area contributed by atoms with Gasteiger partial charge in [0.05, 0.1) is 5.69 Å². The van der Waals surface area contributed by atoms with E-state index >= 15 is 0 Å². The van der Waals surface area contributed by atoms with E-state index in [0.717, 1.165) is 31.2 Å². The van der Waals surface area contributed by atoms with Gasteiger partial charge in [-0.15, -0.1) is 0 Å². The van der Waals surface area contributed by atoms with Crippen LogP contribution in [0.3, 0.4) is 0 Å². The average molecular weight is 395 g/mol. The van der Waals surface area contributed by atoms with Gasteiger partial charge in [-0.2, -0.15) is 0 Å². The molecule has 154 valence electrons. The van der Waals surface area contributed by atoms with E-state index in [0.29, 0.717) is 16.9 Å². The minimum atomic E-state index is -0.292. The van der Waals surface area contributed by atoms with E-state index in [-0.39, 0.29) is 28.9 Å². The Morgan fingerprint density at radius 2 is 1.59 bits per heavy atom. The topological polar surface area (TPSA) is 78.4 Å². The van der Waals surface area contributed by atoms with E-state index in [1.54, 1.807) is 24.3 Å². The fourth-order valence-electron chi connectivity index (χ4n) is 3.64. The highest BCUT2D eigenvalue weighted by molar-refractivity contribution is 6.05. The summed E-state index contributed by atoms with van der Waals surface area (Å²) in [5.41, 5.74) is 2.53. The van der Waals surface area contributed by atoms with Crippen molar-refractivity contribution in [2.24, 2.45) is 5.92 Å². The van der Waals surface area contributed by atoms with Crippen LogP contribution in [0.15, 0.2) is 42.5 Å². The van der Waals surface area contributed by atoms with Gasteiger partial charge in [0.25, 0.3) is 5.91 Å². The van der Waals surface area contributed by atoms with Gasteiger partial charge in [0, 0.05) is 23.2 Å². The first-order chi connectivity index (χ1) is 13.7. The molecule has 5 heteroatoms. The van der Waals surface area contributed by atoms with Crippen LogP contribution < -0.4 is 10.6 Å². The molecule has 3 rings (SSSR count). The molecule has 5 nitrogen and oxygen atoms in total. The zero-order chi connectivity index (χ0) is 21.0. The van der Waals surface area contributed by atoms with E-state index in [4.69, 9.17) is 0 Å². The molecule has 0 heterocycles. The first kappa shape index (κ1) is 20.9. The van der Waals surface area contributed by atoms with Gasteiger partial charge in [0.1, 0.15) is 5.75 Å². The Kier molecular flexibility index (Phi) is 6.26. The largest absolute Gasteiger partial charge is 0.506 e. The predicted molar refractivity (Wildman–Crippen MR) is 116 cm³/mol. The molecule has 0 spiro atoms. The highest BCUT2D eigenvalue weighted by Crippen LogP contribution is 2.29. The number of phenolic OH excluding ortho intramolecular Hbond substituents is 1. The number of rotatable bonds is 4. The third-order valence-corrected chi connectivity index (χ3v) is 5.50. The first-order valence-electron chi connectivity index (χ1n) is 10.3. The van der Waals surface area contributed by atoms with Crippen molar-refractivity contribution in [1.29, 1.82) is 0 Å². The molecule has 2 aromatic carbocycles. The lowest BCUT2D eigenvalue weighted by molar-refractivity contribution is -0.120. The summed E-state index contributed by atoms with van der Waals surface area (Å²) < 4.78 is 0.